The minimum atomic E-state index is 0.709. The van der Waals surface area contributed by atoms with Gasteiger partial charge in [0.2, 0.25) is 0 Å². The zero-order valence-electron chi connectivity index (χ0n) is 11.8. The lowest BCUT2D eigenvalue weighted by Gasteiger charge is -2.28. The molecule has 1 aromatic carbocycles. The number of piperidine rings is 1. The summed E-state index contributed by atoms with van der Waals surface area (Å²) in [7, 11) is 0. The van der Waals surface area contributed by atoms with Crippen LogP contribution in [0.25, 0.3) is 6.08 Å². The van der Waals surface area contributed by atoms with Gasteiger partial charge in [0.1, 0.15) is 5.75 Å². The molecule has 0 N–H and O–H groups in total. The molecule has 102 valence electrons. The highest BCUT2D eigenvalue weighted by Gasteiger charge is 2.09. The fourth-order valence-electron chi connectivity index (χ4n) is 2.32. The van der Waals surface area contributed by atoms with E-state index in [9.17, 15) is 0 Å². The summed E-state index contributed by atoms with van der Waals surface area (Å²) >= 11 is 0. The van der Waals surface area contributed by atoms with Gasteiger partial charge in [-0.2, -0.15) is 0 Å². The first kappa shape index (κ1) is 13.7. The molecule has 2 nitrogen and oxygen atoms in total. The van der Waals surface area contributed by atoms with Crippen molar-refractivity contribution < 1.29 is 4.74 Å². The Hall–Kier alpha value is -1.70. The van der Waals surface area contributed by atoms with Gasteiger partial charge < -0.3 is 9.64 Å². The fraction of sp³-hybridized carbons (Fsp3) is 0.412. The van der Waals surface area contributed by atoms with Gasteiger partial charge in [0, 0.05) is 18.8 Å². The molecule has 0 saturated carbocycles. The normalized spacial score (nSPS) is 15.7. The highest BCUT2D eigenvalue weighted by Crippen LogP contribution is 2.17. The molecule has 0 aromatic heterocycles. The van der Waals surface area contributed by atoms with Crippen LogP contribution in [0.2, 0.25) is 0 Å². The van der Waals surface area contributed by atoms with Crippen molar-refractivity contribution in [3.8, 4) is 5.75 Å². The van der Waals surface area contributed by atoms with Crippen molar-refractivity contribution in [3.63, 3.8) is 0 Å². The fourth-order valence-corrected chi connectivity index (χ4v) is 2.32. The van der Waals surface area contributed by atoms with E-state index < -0.39 is 0 Å². The zero-order valence-corrected chi connectivity index (χ0v) is 11.8. The van der Waals surface area contributed by atoms with Crippen LogP contribution in [0.1, 0.15) is 31.7 Å². The highest BCUT2D eigenvalue weighted by atomic mass is 16.5. The second-order valence-electron chi connectivity index (χ2n) is 4.87. The first-order valence-corrected chi connectivity index (χ1v) is 7.14. The molecule has 0 amide bonds. The lowest BCUT2D eigenvalue weighted by Crippen LogP contribution is -2.27. The van der Waals surface area contributed by atoms with E-state index in [0.29, 0.717) is 6.61 Å². The number of nitrogens with zero attached hydrogens (tertiary/aromatic N) is 1. The Labute approximate surface area is 116 Å². The van der Waals surface area contributed by atoms with Crippen LogP contribution in [0.15, 0.2) is 42.6 Å². The van der Waals surface area contributed by atoms with E-state index in [1.807, 2.05) is 19.1 Å². The summed E-state index contributed by atoms with van der Waals surface area (Å²) in [4.78, 5) is 2.37. The minimum absolute atomic E-state index is 0.709. The van der Waals surface area contributed by atoms with E-state index in [4.69, 9.17) is 4.74 Å². The zero-order chi connectivity index (χ0) is 13.5. The van der Waals surface area contributed by atoms with Crippen LogP contribution < -0.4 is 4.74 Å². The molecular weight excluding hydrogens is 234 g/mol. The number of hydrogen-bond acceptors (Lipinski definition) is 2. The second kappa shape index (κ2) is 7.03. The van der Waals surface area contributed by atoms with E-state index in [1.165, 1.54) is 24.8 Å². The quantitative estimate of drug-likeness (QED) is 0.736. The molecule has 0 spiro atoms. The van der Waals surface area contributed by atoms with E-state index >= 15 is 0 Å². The third-order valence-electron chi connectivity index (χ3n) is 3.42. The average molecular weight is 257 g/mol. The van der Waals surface area contributed by atoms with Gasteiger partial charge in [-0.15, -0.1) is 0 Å². The predicted octanol–water partition coefficient (Wildman–Crippen LogP) is 4.10. The molecule has 1 fully saturated rings. The van der Waals surface area contributed by atoms with Crippen molar-refractivity contribution in [2.45, 2.75) is 26.2 Å². The summed E-state index contributed by atoms with van der Waals surface area (Å²) in [5, 5.41) is 0. The molecule has 1 aromatic rings. The van der Waals surface area contributed by atoms with E-state index in [1.54, 1.807) is 0 Å². The SMILES string of the molecule is C=C(/C=C/c1ccc(OCC)cc1)N1CCCCC1. The standard InChI is InChI=1S/C17H23NO/c1-3-19-17-11-9-16(10-12-17)8-7-15(2)18-13-5-4-6-14-18/h7-12H,2-6,13-14H2,1H3/b8-7+. The molecule has 1 aliphatic rings. The molecule has 0 unspecified atom stereocenters. The molecule has 0 bridgehead atoms. The van der Waals surface area contributed by atoms with Gasteiger partial charge in [0.25, 0.3) is 0 Å². The van der Waals surface area contributed by atoms with E-state index in [0.717, 1.165) is 24.5 Å². The van der Waals surface area contributed by atoms with Crippen molar-refractivity contribution >= 4 is 6.08 Å². The number of hydrogen-bond donors (Lipinski definition) is 0. The van der Waals surface area contributed by atoms with Crippen molar-refractivity contribution in [2.24, 2.45) is 0 Å². The third kappa shape index (κ3) is 4.16. The molecule has 1 aliphatic heterocycles. The summed E-state index contributed by atoms with van der Waals surface area (Å²) < 4.78 is 5.43. The molecule has 2 rings (SSSR count). The van der Waals surface area contributed by atoms with Crippen molar-refractivity contribution in [1.82, 2.24) is 4.90 Å². The van der Waals surface area contributed by atoms with Crippen LogP contribution in [-0.4, -0.2) is 24.6 Å². The topological polar surface area (TPSA) is 12.5 Å². The summed E-state index contributed by atoms with van der Waals surface area (Å²) in [5.74, 6) is 0.925. The second-order valence-corrected chi connectivity index (χ2v) is 4.87. The van der Waals surface area contributed by atoms with E-state index in [-0.39, 0.29) is 0 Å². The lowest BCUT2D eigenvalue weighted by atomic mass is 10.1. The van der Waals surface area contributed by atoms with Crippen molar-refractivity contribution in [1.29, 1.82) is 0 Å². The Bertz CT molecular complexity index is 427. The van der Waals surface area contributed by atoms with Crippen LogP contribution in [0.4, 0.5) is 0 Å². The lowest BCUT2D eigenvalue weighted by molar-refractivity contribution is 0.294. The van der Waals surface area contributed by atoms with Crippen molar-refractivity contribution in [3.05, 3.63) is 48.2 Å². The Morgan fingerprint density at radius 1 is 1.21 bits per heavy atom. The molecule has 0 atom stereocenters. The van der Waals surface area contributed by atoms with Crippen LogP contribution in [0.3, 0.4) is 0 Å². The van der Waals surface area contributed by atoms with Crippen LogP contribution in [-0.2, 0) is 0 Å². The number of rotatable bonds is 5. The maximum Gasteiger partial charge on any atom is 0.119 e. The number of likely N-dealkylation sites (tertiary alicyclic amines) is 1. The van der Waals surface area contributed by atoms with Crippen LogP contribution in [0, 0.1) is 0 Å². The molecule has 19 heavy (non-hydrogen) atoms. The Balaban J connectivity index is 1.91. The average Bonchev–Trinajstić information content (AvgIpc) is 2.47. The Morgan fingerprint density at radius 3 is 2.53 bits per heavy atom. The summed E-state index contributed by atoms with van der Waals surface area (Å²) in [6.07, 6.45) is 8.16. The van der Waals surface area contributed by atoms with Crippen LogP contribution >= 0.6 is 0 Å². The highest BCUT2D eigenvalue weighted by molar-refractivity contribution is 5.53. The maximum absolute atomic E-state index is 5.43. The first-order valence-electron chi connectivity index (χ1n) is 7.14. The monoisotopic (exact) mass is 257 g/mol. The number of ether oxygens (including phenoxy) is 1. The van der Waals surface area contributed by atoms with Crippen molar-refractivity contribution in [2.75, 3.05) is 19.7 Å². The predicted molar refractivity (Wildman–Crippen MR) is 81.2 cm³/mol. The maximum atomic E-state index is 5.43. The molecule has 0 aliphatic carbocycles. The van der Waals surface area contributed by atoms with Gasteiger partial charge in [-0.3, -0.25) is 0 Å². The largest absolute Gasteiger partial charge is 0.494 e. The molecule has 2 heteroatoms. The number of benzene rings is 1. The van der Waals surface area contributed by atoms with Gasteiger partial charge in [0.15, 0.2) is 0 Å². The summed E-state index contributed by atoms with van der Waals surface area (Å²) in [6.45, 7) is 9.15. The van der Waals surface area contributed by atoms with Crippen LogP contribution in [0.5, 0.6) is 5.75 Å². The Kier molecular flexibility index (Phi) is 5.08. The van der Waals surface area contributed by atoms with Gasteiger partial charge in [0.05, 0.1) is 6.61 Å². The van der Waals surface area contributed by atoms with Gasteiger partial charge >= 0.3 is 0 Å². The van der Waals surface area contributed by atoms with Gasteiger partial charge in [-0.25, -0.2) is 0 Å². The minimum Gasteiger partial charge on any atom is -0.494 e. The molecule has 0 radical (unpaired) electrons. The Morgan fingerprint density at radius 2 is 1.89 bits per heavy atom. The van der Waals surface area contributed by atoms with E-state index in [2.05, 4.69) is 35.8 Å². The summed E-state index contributed by atoms with van der Waals surface area (Å²) in [5.41, 5.74) is 2.30. The molecular formula is C17H23NO. The molecule has 1 saturated heterocycles. The first-order chi connectivity index (χ1) is 9.29. The third-order valence-corrected chi connectivity index (χ3v) is 3.42. The number of allylic oxidation sites excluding steroid dienone is 1. The molecule has 1 heterocycles. The smallest absolute Gasteiger partial charge is 0.119 e. The van der Waals surface area contributed by atoms with Gasteiger partial charge in [-0.1, -0.05) is 24.8 Å². The summed E-state index contributed by atoms with van der Waals surface area (Å²) in [6, 6.07) is 8.16. The van der Waals surface area contributed by atoms with Gasteiger partial charge in [-0.05, 0) is 50.0 Å².